The first kappa shape index (κ1) is 19.5. The summed E-state index contributed by atoms with van der Waals surface area (Å²) in [6.45, 7) is 10.0. The maximum absolute atomic E-state index is 5.36. The van der Waals surface area contributed by atoms with Gasteiger partial charge in [0.05, 0.1) is 0 Å². The number of hydrogen-bond donors (Lipinski definition) is 2. The molecule has 0 radical (unpaired) electrons. The van der Waals surface area contributed by atoms with E-state index in [4.69, 9.17) is 5.73 Å². The van der Waals surface area contributed by atoms with Crippen molar-refractivity contribution in [2.45, 2.75) is 59.8 Å². The van der Waals surface area contributed by atoms with E-state index in [1.54, 1.807) is 0 Å². The molecule has 0 bridgehead atoms. The Balaban J connectivity index is -0.000000266. The second-order valence-corrected chi connectivity index (χ2v) is 2.66. The van der Waals surface area contributed by atoms with Gasteiger partial charge in [-0.2, -0.15) is 0 Å². The van der Waals surface area contributed by atoms with Crippen LogP contribution < -0.4 is 11.1 Å². The van der Waals surface area contributed by atoms with Gasteiger partial charge in [-0.15, -0.1) is 0 Å². The van der Waals surface area contributed by atoms with Crippen molar-refractivity contribution in [2.75, 3.05) is 20.1 Å². The first-order valence-electron chi connectivity index (χ1n) is 6.26. The van der Waals surface area contributed by atoms with Crippen molar-refractivity contribution in [1.82, 2.24) is 5.32 Å². The summed E-state index contributed by atoms with van der Waals surface area (Å²) in [5, 5.41) is 3.13. The minimum atomic E-state index is 0.853. The van der Waals surface area contributed by atoms with Crippen LogP contribution in [0.25, 0.3) is 0 Å². The predicted molar refractivity (Wildman–Crippen MR) is 68.8 cm³/mol. The highest BCUT2D eigenvalue weighted by Crippen LogP contribution is 2.00. The zero-order valence-electron chi connectivity index (χ0n) is 11.0. The lowest BCUT2D eigenvalue weighted by Crippen LogP contribution is -2.07. The van der Waals surface area contributed by atoms with Gasteiger partial charge in [0.25, 0.3) is 0 Å². The normalized spacial score (nSPS) is 8.14. The first-order chi connectivity index (χ1) is 6.91. The molecule has 0 aromatic carbocycles. The molecule has 0 spiro atoms. The highest BCUT2D eigenvalue weighted by Gasteiger charge is 1.87. The standard InChI is InChI=1S/C8H20N2.2C2H6/c1-10-8-6-4-2-3-5-7-9;2*1-2/h10H,2-9H2,1H3;2*1-2H3. The lowest BCUT2D eigenvalue weighted by molar-refractivity contribution is 0.600. The molecule has 0 aliphatic heterocycles. The third-order valence-corrected chi connectivity index (χ3v) is 1.63. The first-order valence-corrected chi connectivity index (χ1v) is 6.26. The number of unbranched alkanes of at least 4 members (excludes halogenated alkanes) is 4. The van der Waals surface area contributed by atoms with Gasteiger partial charge < -0.3 is 11.1 Å². The molecule has 0 heterocycles. The molecule has 0 amide bonds. The fraction of sp³-hybridized carbons (Fsp3) is 1.00. The molecule has 90 valence electrons. The lowest BCUT2D eigenvalue weighted by atomic mass is 10.1. The molecule has 3 N–H and O–H groups in total. The topological polar surface area (TPSA) is 38.0 Å². The summed E-state index contributed by atoms with van der Waals surface area (Å²) in [5.41, 5.74) is 5.36. The summed E-state index contributed by atoms with van der Waals surface area (Å²) >= 11 is 0. The third-order valence-electron chi connectivity index (χ3n) is 1.63. The largest absolute Gasteiger partial charge is 0.330 e. The lowest BCUT2D eigenvalue weighted by Gasteiger charge is -1.98. The average Bonchev–Trinajstić information content (AvgIpc) is 2.29. The van der Waals surface area contributed by atoms with Crippen molar-refractivity contribution in [2.24, 2.45) is 5.73 Å². The summed E-state index contributed by atoms with van der Waals surface area (Å²) in [5.74, 6) is 0. The Morgan fingerprint density at radius 3 is 1.64 bits per heavy atom. The van der Waals surface area contributed by atoms with Gasteiger partial charge in [-0.25, -0.2) is 0 Å². The van der Waals surface area contributed by atoms with Crippen molar-refractivity contribution in [1.29, 1.82) is 0 Å². The predicted octanol–water partition coefficient (Wildman–Crippen LogP) is 3.17. The molecule has 0 saturated carbocycles. The maximum Gasteiger partial charge on any atom is -0.00519 e. The van der Waals surface area contributed by atoms with Gasteiger partial charge in [-0.05, 0) is 33.0 Å². The molecule has 0 saturated heterocycles. The Kier molecular flexibility index (Phi) is 40.7. The Morgan fingerprint density at radius 1 is 0.786 bits per heavy atom. The Bertz CT molecular complexity index is 48.3. The summed E-state index contributed by atoms with van der Waals surface area (Å²) in [6, 6.07) is 0. The van der Waals surface area contributed by atoms with E-state index >= 15 is 0 Å². The molecule has 2 heteroatoms. The minimum Gasteiger partial charge on any atom is -0.330 e. The Hall–Kier alpha value is -0.0800. The molecular formula is C12H32N2. The third kappa shape index (κ3) is 29.7. The number of nitrogens with two attached hydrogens (primary N) is 1. The summed E-state index contributed by atoms with van der Waals surface area (Å²) in [4.78, 5) is 0. The van der Waals surface area contributed by atoms with Crippen molar-refractivity contribution in [3.8, 4) is 0 Å². The van der Waals surface area contributed by atoms with Crippen LogP contribution in [0.15, 0.2) is 0 Å². The van der Waals surface area contributed by atoms with E-state index in [0.29, 0.717) is 0 Å². The molecule has 0 aliphatic carbocycles. The van der Waals surface area contributed by atoms with E-state index in [1.807, 2.05) is 34.7 Å². The zero-order chi connectivity index (χ0) is 11.7. The van der Waals surface area contributed by atoms with Crippen molar-refractivity contribution in [3.63, 3.8) is 0 Å². The zero-order valence-corrected chi connectivity index (χ0v) is 11.0. The number of hydrogen-bond acceptors (Lipinski definition) is 2. The van der Waals surface area contributed by atoms with E-state index in [-0.39, 0.29) is 0 Å². The molecule has 0 aromatic rings. The highest BCUT2D eigenvalue weighted by atomic mass is 14.8. The minimum absolute atomic E-state index is 0.853. The van der Waals surface area contributed by atoms with E-state index < -0.39 is 0 Å². The van der Waals surface area contributed by atoms with Gasteiger partial charge >= 0.3 is 0 Å². The van der Waals surface area contributed by atoms with E-state index in [2.05, 4.69) is 5.32 Å². The van der Waals surface area contributed by atoms with Crippen molar-refractivity contribution < 1.29 is 0 Å². The quantitative estimate of drug-likeness (QED) is 0.625. The van der Waals surface area contributed by atoms with Crippen molar-refractivity contribution in [3.05, 3.63) is 0 Å². The average molecular weight is 204 g/mol. The smallest absolute Gasteiger partial charge is 0.00519 e. The maximum atomic E-state index is 5.36. The molecule has 0 aromatic heterocycles. The van der Waals surface area contributed by atoms with E-state index in [0.717, 1.165) is 13.1 Å². The molecule has 0 unspecified atom stereocenters. The van der Waals surface area contributed by atoms with Crippen LogP contribution in [0.4, 0.5) is 0 Å². The number of nitrogens with one attached hydrogen (secondary N) is 1. The molecule has 0 rings (SSSR count). The molecule has 0 aliphatic rings. The Morgan fingerprint density at radius 2 is 1.21 bits per heavy atom. The Labute approximate surface area is 91.7 Å². The summed E-state index contributed by atoms with van der Waals surface area (Å²) < 4.78 is 0. The van der Waals surface area contributed by atoms with Crippen LogP contribution in [0.5, 0.6) is 0 Å². The molecule has 14 heavy (non-hydrogen) atoms. The van der Waals surface area contributed by atoms with Gasteiger partial charge in [-0.1, -0.05) is 47.0 Å². The van der Waals surface area contributed by atoms with Crippen LogP contribution in [0.3, 0.4) is 0 Å². The van der Waals surface area contributed by atoms with Gasteiger partial charge in [0, 0.05) is 0 Å². The molecule has 2 nitrogen and oxygen atoms in total. The fourth-order valence-electron chi connectivity index (χ4n) is 0.976. The van der Waals surface area contributed by atoms with Crippen LogP contribution in [-0.4, -0.2) is 20.1 Å². The van der Waals surface area contributed by atoms with E-state index in [1.165, 1.54) is 32.1 Å². The summed E-state index contributed by atoms with van der Waals surface area (Å²) in [7, 11) is 2.00. The number of rotatable bonds is 7. The van der Waals surface area contributed by atoms with Crippen LogP contribution in [0.2, 0.25) is 0 Å². The molecule has 0 fully saturated rings. The second-order valence-electron chi connectivity index (χ2n) is 2.66. The monoisotopic (exact) mass is 204 g/mol. The van der Waals surface area contributed by atoms with Crippen LogP contribution in [0.1, 0.15) is 59.8 Å². The van der Waals surface area contributed by atoms with Gasteiger partial charge in [0.2, 0.25) is 0 Å². The van der Waals surface area contributed by atoms with Gasteiger partial charge in [0.15, 0.2) is 0 Å². The van der Waals surface area contributed by atoms with Crippen LogP contribution >= 0.6 is 0 Å². The van der Waals surface area contributed by atoms with Gasteiger partial charge in [0.1, 0.15) is 0 Å². The highest BCUT2D eigenvalue weighted by molar-refractivity contribution is 4.46. The second kappa shape index (κ2) is 29.3. The van der Waals surface area contributed by atoms with E-state index in [9.17, 15) is 0 Å². The summed E-state index contributed by atoms with van der Waals surface area (Å²) in [6.07, 6.45) is 6.50. The van der Waals surface area contributed by atoms with Crippen LogP contribution in [0, 0.1) is 0 Å². The van der Waals surface area contributed by atoms with Crippen LogP contribution in [-0.2, 0) is 0 Å². The molecular weight excluding hydrogens is 172 g/mol. The molecule has 0 atom stereocenters. The fourth-order valence-corrected chi connectivity index (χ4v) is 0.976. The van der Waals surface area contributed by atoms with Gasteiger partial charge in [-0.3, -0.25) is 0 Å². The van der Waals surface area contributed by atoms with Crippen molar-refractivity contribution >= 4 is 0 Å². The SMILES string of the molecule is CC.CC.CNCCCCCCCN.